The van der Waals surface area contributed by atoms with Crippen LogP contribution in [0.5, 0.6) is 0 Å². The molecule has 22 heavy (non-hydrogen) atoms. The lowest BCUT2D eigenvalue weighted by Gasteiger charge is -2.16. The number of carbonyl (C=O) groups excluding carboxylic acids is 1. The second kappa shape index (κ2) is 6.00. The first-order valence-electron chi connectivity index (χ1n) is 6.08. The first kappa shape index (κ1) is 16.4. The Morgan fingerprint density at radius 1 is 1.18 bits per heavy atom. The van der Waals surface area contributed by atoms with Crippen molar-refractivity contribution in [1.82, 2.24) is 9.97 Å². The molecule has 1 atom stereocenters. The van der Waals surface area contributed by atoms with Crippen molar-refractivity contribution in [2.24, 2.45) is 5.73 Å². The summed E-state index contributed by atoms with van der Waals surface area (Å²) in [5.41, 5.74) is 4.37. The predicted molar refractivity (Wildman–Crippen MR) is 82.0 cm³/mol. The highest BCUT2D eigenvalue weighted by atomic mass is 35.5. The molecule has 0 unspecified atom stereocenters. The number of aromatic nitrogens is 2. The van der Waals surface area contributed by atoms with Crippen molar-refractivity contribution in [2.75, 3.05) is 0 Å². The van der Waals surface area contributed by atoms with E-state index in [0.29, 0.717) is 21.3 Å². The van der Waals surface area contributed by atoms with Crippen LogP contribution in [0.15, 0.2) is 30.6 Å². The van der Waals surface area contributed by atoms with Gasteiger partial charge in [-0.1, -0.05) is 29.3 Å². The van der Waals surface area contributed by atoms with Gasteiger partial charge >= 0.3 is 5.97 Å². The molecule has 0 bridgehead atoms. The molecular weight excluding hydrogens is 329 g/mol. The SMILES string of the molecule is C[C@@](N)(C(=O)O)C(=O)c1cc(-c2ccc(Cl)c(Cl)c2)ncn1. The van der Waals surface area contributed by atoms with E-state index in [2.05, 4.69) is 9.97 Å². The Balaban J connectivity index is 2.44. The summed E-state index contributed by atoms with van der Waals surface area (Å²) in [6.07, 6.45) is 1.16. The van der Waals surface area contributed by atoms with Gasteiger partial charge in [-0.25, -0.2) is 14.8 Å². The van der Waals surface area contributed by atoms with Crippen LogP contribution in [-0.2, 0) is 4.79 Å². The van der Waals surface area contributed by atoms with Crippen LogP contribution >= 0.6 is 23.2 Å². The highest BCUT2D eigenvalue weighted by molar-refractivity contribution is 6.42. The van der Waals surface area contributed by atoms with Crippen molar-refractivity contribution in [2.45, 2.75) is 12.5 Å². The van der Waals surface area contributed by atoms with E-state index < -0.39 is 17.3 Å². The number of hydrogen-bond acceptors (Lipinski definition) is 5. The number of benzene rings is 1. The molecule has 6 nitrogen and oxygen atoms in total. The highest BCUT2D eigenvalue weighted by Gasteiger charge is 2.38. The minimum absolute atomic E-state index is 0.0940. The molecule has 2 rings (SSSR count). The number of nitrogens with zero attached hydrogens (tertiary/aromatic N) is 2. The summed E-state index contributed by atoms with van der Waals surface area (Å²) in [5, 5.41) is 9.72. The number of nitrogens with two attached hydrogens (primary N) is 1. The minimum atomic E-state index is -2.07. The third-order valence-corrected chi connectivity index (χ3v) is 3.77. The number of aliphatic carboxylic acids is 1. The number of hydrogen-bond donors (Lipinski definition) is 2. The molecule has 0 fully saturated rings. The van der Waals surface area contributed by atoms with Crippen LogP contribution in [0, 0.1) is 0 Å². The van der Waals surface area contributed by atoms with Gasteiger partial charge in [-0.3, -0.25) is 4.79 Å². The minimum Gasteiger partial charge on any atom is -0.480 e. The van der Waals surface area contributed by atoms with Crippen molar-refractivity contribution in [3.63, 3.8) is 0 Å². The van der Waals surface area contributed by atoms with E-state index in [-0.39, 0.29) is 5.69 Å². The standard InChI is InChI=1S/C14H11Cl2N3O3/c1-14(17,13(21)22)12(20)11-5-10(18-6-19-11)7-2-3-8(15)9(16)4-7/h2-6H,17H2,1H3,(H,21,22)/t14-/m0/s1. The Morgan fingerprint density at radius 2 is 1.86 bits per heavy atom. The molecule has 3 N–H and O–H groups in total. The third-order valence-electron chi connectivity index (χ3n) is 3.03. The number of carbonyl (C=O) groups is 2. The van der Waals surface area contributed by atoms with E-state index in [1.165, 1.54) is 6.07 Å². The average molecular weight is 340 g/mol. The Labute approximate surface area is 135 Å². The fourth-order valence-corrected chi connectivity index (χ4v) is 1.96. The molecule has 0 saturated heterocycles. The van der Waals surface area contributed by atoms with E-state index in [1.54, 1.807) is 18.2 Å². The van der Waals surface area contributed by atoms with E-state index in [9.17, 15) is 9.59 Å². The summed E-state index contributed by atoms with van der Waals surface area (Å²) in [5.74, 6) is -2.25. The molecular formula is C14H11Cl2N3O3. The summed E-state index contributed by atoms with van der Waals surface area (Å²) < 4.78 is 0. The van der Waals surface area contributed by atoms with Crippen LogP contribution in [0.3, 0.4) is 0 Å². The van der Waals surface area contributed by atoms with Crippen molar-refractivity contribution in [3.8, 4) is 11.3 Å². The fraction of sp³-hybridized carbons (Fsp3) is 0.143. The van der Waals surface area contributed by atoms with E-state index in [0.717, 1.165) is 13.3 Å². The van der Waals surface area contributed by atoms with Crippen LogP contribution in [0.1, 0.15) is 17.4 Å². The van der Waals surface area contributed by atoms with Gasteiger partial charge in [0, 0.05) is 5.56 Å². The zero-order valence-electron chi connectivity index (χ0n) is 11.4. The van der Waals surface area contributed by atoms with Gasteiger partial charge in [0.15, 0.2) is 5.54 Å². The Kier molecular flexibility index (Phi) is 4.46. The molecule has 0 saturated carbocycles. The number of carboxylic acids is 1. The Bertz CT molecular complexity index is 763. The summed E-state index contributed by atoms with van der Waals surface area (Å²) in [7, 11) is 0. The van der Waals surface area contributed by atoms with Crippen LogP contribution in [0.25, 0.3) is 11.3 Å². The monoisotopic (exact) mass is 339 g/mol. The molecule has 0 aliphatic rings. The third kappa shape index (κ3) is 3.09. The average Bonchev–Trinajstić information content (AvgIpc) is 2.49. The molecule has 1 aromatic heterocycles. The Hall–Kier alpha value is -2.02. The van der Waals surface area contributed by atoms with Gasteiger partial charge in [0.1, 0.15) is 12.0 Å². The Morgan fingerprint density at radius 3 is 2.45 bits per heavy atom. The maximum Gasteiger partial charge on any atom is 0.331 e. The summed E-state index contributed by atoms with van der Waals surface area (Å²) in [6.45, 7) is 1.11. The molecule has 0 amide bonds. The normalized spacial score (nSPS) is 13.5. The number of carboxylic acid groups (broad SMARTS) is 1. The van der Waals surface area contributed by atoms with Gasteiger partial charge in [-0.05, 0) is 25.1 Å². The molecule has 2 aromatic rings. The van der Waals surface area contributed by atoms with Crippen molar-refractivity contribution < 1.29 is 14.7 Å². The molecule has 114 valence electrons. The lowest BCUT2D eigenvalue weighted by atomic mass is 9.95. The predicted octanol–water partition coefficient (Wildman–Crippen LogP) is 2.44. The molecule has 0 aliphatic carbocycles. The highest BCUT2D eigenvalue weighted by Crippen LogP contribution is 2.27. The zero-order chi connectivity index (χ0) is 16.5. The van der Waals surface area contributed by atoms with E-state index in [1.807, 2.05) is 0 Å². The second-order valence-electron chi connectivity index (χ2n) is 4.75. The van der Waals surface area contributed by atoms with Crippen molar-refractivity contribution >= 4 is 35.0 Å². The molecule has 0 radical (unpaired) electrons. The van der Waals surface area contributed by atoms with Gasteiger partial charge in [0.2, 0.25) is 5.78 Å². The van der Waals surface area contributed by atoms with Crippen LogP contribution in [0.2, 0.25) is 10.0 Å². The molecule has 1 heterocycles. The van der Waals surface area contributed by atoms with Gasteiger partial charge in [0.05, 0.1) is 15.7 Å². The van der Waals surface area contributed by atoms with E-state index in [4.69, 9.17) is 34.0 Å². The molecule has 8 heteroatoms. The van der Waals surface area contributed by atoms with Crippen molar-refractivity contribution in [1.29, 1.82) is 0 Å². The van der Waals surface area contributed by atoms with Gasteiger partial charge < -0.3 is 10.8 Å². The first-order chi connectivity index (χ1) is 10.2. The largest absolute Gasteiger partial charge is 0.480 e. The number of halogens is 2. The molecule has 1 aromatic carbocycles. The number of rotatable bonds is 4. The second-order valence-corrected chi connectivity index (χ2v) is 5.57. The molecule has 0 aliphatic heterocycles. The number of ketones is 1. The quantitative estimate of drug-likeness (QED) is 0.654. The smallest absolute Gasteiger partial charge is 0.331 e. The zero-order valence-corrected chi connectivity index (χ0v) is 12.9. The summed E-state index contributed by atoms with van der Waals surface area (Å²) in [6, 6.07) is 6.20. The van der Waals surface area contributed by atoms with Crippen LogP contribution in [-0.4, -0.2) is 32.4 Å². The van der Waals surface area contributed by atoms with Crippen molar-refractivity contribution in [3.05, 3.63) is 46.3 Å². The summed E-state index contributed by atoms with van der Waals surface area (Å²) >= 11 is 11.8. The lowest BCUT2D eigenvalue weighted by Crippen LogP contribution is -2.52. The van der Waals surface area contributed by atoms with Gasteiger partial charge in [0.25, 0.3) is 0 Å². The first-order valence-corrected chi connectivity index (χ1v) is 6.83. The van der Waals surface area contributed by atoms with Gasteiger partial charge in [-0.2, -0.15) is 0 Å². The summed E-state index contributed by atoms with van der Waals surface area (Å²) in [4.78, 5) is 31.0. The van der Waals surface area contributed by atoms with Gasteiger partial charge in [-0.15, -0.1) is 0 Å². The van der Waals surface area contributed by atoms with Crippen LogP contribution < -0.4 is 5.73 Å². The maximum atomic E-state index is 12.2. The lowest BCUT2D eigenvalue weighted by molar-refractivity contribution is -0.140. The van der Waals surface area contributed by atoms with E-state index >= 15 is 0 Å². The topological polar surface area (TPSA) is 106 Å². The molecule has 0 spiro atoms. The fourth-order valence-electron chi connectivity index (χ4n) is 1.66. The van der Waals surface area contributed by atoms with Crippen LogP contribution in [0.4, 0.5) is 0 Å². The maximum absolute atomic E-state index is 12.2. The number of Topliss-reactive ketones (excluding diaryl/α,β-unsaturated/α-hetero) is 1.